The number of H-pyrrole nitrogens is 1. The monoisotopic (exact) mass is 573 g/mol. The van der Waals surface area contributed by atoms with E-state index in [-0.39, 0.29) is 0 Å². The second-order valence-corrected chi connectivity index (χ2v) is 11.5. The zero-order chi connectivity index (χ0) is 29.7. The van der Waals surface area contributed by atoms with Crippen LogP contribution in [0.25, 0.3) is 88.2 Å². The lowest BCUT2D eigenvalue weighted by atomic mass is 9.91. The van der Waals surface area contributed by atoms with Crippen LogP contribution in [-0.2, 0) is 0 Å². The highest BCUT2D eigenvalue weighted by Crippen LogP contribution is 2.40. The molecule has 0 radical (unpaired) electrons. The summed E-state index contributed by atoms with van der Waals surface area (Å²) in [6, 6.07) is 53.7. The summed E-state index contributed by atoms with van der Waals surface area (Å²) in [5, 5.41) is 5.86. The average molecular weight is 574 g/mol. The van der Waals surface area contributed by atoms with Crippen molar-refractivity contribution in [2.45, 2.75) is 0 Å². The van der Waals surface area contributed by atoms with Gasteiger partial charge in [-0.15, -0.1) is 0 Å². The van der Waals surface area contributed by atoms with Crippen molar-refractivity contribution in [2.75, 3.05) is 0 Å². The molecule has 6 aromatic carbocycles. The molecule has 0 bridgehead atoms. The van der Waals surface area contributed by atoms with Crippen molar-refractivity contribution in [2.24, 2.45) is 0 Å². The van der Waals surface area contributed by atoms with E-state index < -0.39 is 0 Å². The van der Waals surface area contributed by atoms with Crippen LogP contribution in [0.4, 0.5) is 0 Å². The Kier molecular flexibility index (Phi) is 5.82. The highest BCUT2D eigenvalue weighted by Gasteiger charge is 2.15. The van der Waals surface area contributed by atoms with Gasteiger partial charge in [-0.1, -0.05) is 121 Å². The van der Waals surface area contributed by atoms with Crippen molar-refractivity contribution in [3.8, 4) is 44.8 Å². The van der Waals surface area contributed by atoms with Crippen LogP contribution in [0.5, 0.6) is 0 Å². The molecule has 0 aliphatic carbocycles. The van der Waals surface area contributed by atoms with E-state index in [9.17, 15) is 0 Å². The van der Waals surface area contributed by atoms with E-state index in [0.717, 1.165) is 50.0 Å². The van der Waals surface area contributed by atoms with Gasteiger partial charge in [-0.05, 0) is 63.4 Å². The van der Waals surface area contributed by atoms with Gasteiger partial charge in [0, 0.05) is 33.5 Å². The van der Waals surface area contributed by atoms with E-state index in [1.165, 1.54) is 38.2 Å². The van der Waals surface area contributed by atoms with Crippen LogP contribution in [0.15, 0.2) is 158 Å². The molecule has 1 N–H and O–H groups in total. The molecule has 0 saturated carbocycles. The molecule has 9 aromatic rings. The van der Waals surface area contributed by atoms with E-state index in [1.807, 2.05) is 12.3 Å². The third kappa shape index (κ3) is 4.29. The number of hydrogen-bond acceptors (Lipinski definition) is 2. The molecule has 0 amide bonds. The summed E-state index contributed by atoms with van der Waals surface area (Å²) in [5.74, 6) is 0. The van der Waals surface area contributed by atoms with E-state index in [2.05, 4.69) is 151 Å². The Morgan fingerprint density at radius 1 is 0.422 bits per heavy atom. The topological polar surface area (TPSA) is 41.6 Å². The smallest absolute Gasteiger partial charge is 0.0950 e. The molecule has 3 aromatic heterocycles. The second-order valence-electron chi connectivity index (χ2n) is 11.5. The number of fused-ring (bicyclic) bond motifs is 6. The number of rotatable bonds is 4. The molecule has 0 unspecified atom stereocenters. The summed E-state index contributed by atoms with van der Waals surface area (Å²) in [6.45, 7) is 0. The normalized spacial score (nSPS) is 11.6. The Morgan fingerprint density at radius 2 is 1.16 bits per heavy atom. The van der Waals surface area contributed by atoms with E-state index in [0.29, 0.717) is 0 Å². The summed E-state index contributed by atoms with van der Waals surface area (Å²) in [7, 11) is 0. The second kappa shape index (κ2) is 10.3. The first-order valence-electron chi connectivity index (χ1n) is 15.3. The minimum absolute atomic E-state index is 0.959. The molecule has 0 fully saturated rings. The lowest BCUT2D eigenvalue weighted by Gasteiger charge is -2.15. The molecular weight excluding hydrogens is 546 g/mol. The van der Waals surface area contributed by atoms with Crippen LogP contribution in [0.3, 0.4) is 0 Å². The first-order chi connectivity index (χ1) is 22.3. The molecule has 0 aliphatic heterocycles. The van der Waals surface area contributed by atoms with Crippen LogP contribution in [0, 0.1) is 0 Å². The molecule has 0 saturated heterocycles. The van der Waals surface area contributed by atoms with Gasteiger partial charge in [0.05, 0.1) is 27.9 Å². The fourth-order valence-corrected chi connectivity index (χ4v) is 6.66. The zero-order valence-corrected chi connectivity index (χ0v) is 24.4. The Balaban J connectivity index is 1.23. The fraction of sp³-hybridized carbons (Fsp3) is 0. The third-order valence-corrected chi connectivity index (χ3v) is 8.84. The van der Waals surface area contributed by atoms with Gasteiger partial charge in [0.1, 0.15) is 0 Å². The number of aromatic nitrogens is 3. The molecule has 45 heavy (non-hydrogen) atoms. The molecule has 9 rings (SSSR count). The van der Waals surface area contributed by atoms with Crippen molar-refractivity contribution in [3.63, 3.8) is 0 Å². The zero-order valence-electron chi connectivity index (χ0n) is 24.4. The van der Waals surface area contributed by atoms with Crippen molar-refractivity contribution in [1.29, 1.82) is 0 Å². The van der Waals surface area contributed by atoms with Crippen molar-refractivity contribution in [3.05, 3.63) is 158 Å². The molecular formula is C42H27N3. The number of pyridine rings is 2. The Bertz CT molecular complexity index is 2530. The SMILES string of the molecule is c1ccc(-c2cc(-c3ccccc3)c3c(ccc4c(-c5cccc(-c6ccc7ccc8cc[nH]c8c7n6)c5)cccc43)n2)cc1. The predicted octanol–water partition coefficient (Wildman–Crippen LogP) is 11.1. The summed E-state index contributed by atoms with van der Waals surface area (Å²) in [6.07, 6.45) is 1.98. The average Bonchev–Trinajstić information content (AvgIpc) is 3.61. The van der Waals surface area contributed by atoms with Crippen LogP contribution in [0.1, 0.15) is 0 Å². The quantitative estimate of drug-likeness (QED) is 0.213. The Morgan fingerprint density at radius 3 is 2.02 bits per heavy atom. The largest absolute Gasteiger partial charge is 0.359 e. The van der Waals surface area contributed by atoms with Gasteiger partial charge in [0.2, 0.25) is 0 Å². The van der Waals surface area contributed by atoms with Gasteiger partial charge in [0.15, 0.2) is 0 Å². The van der Waals surface area contributed by atoms with Gasteiger partial charge in [-0.2, -0.15) is 0 Å². The van der Waals surface area contributed by atoms with Gasteiger partial charge in [0.25, 0.3) is 0 Å². The lowest BCUT2D eigenvalue weighted by molar-refractivity contribution is 1.39. The number of hydrogen-bond donors (Lipinski definition) is 1. The van der Waals surface area contributed by atoms with Crippen molar-refractivity contribution >= 4 is 43.5 Å². The molecule has 210 valence electrons. The van der Waals surface area contributed by atoms with Crippen molar-refractivity contribution in [1.82, 2.24) is 15.0 Å². The lowest BCUT2D eigenvalue weighted by Crippen LogP contribution is -1.92. The maximum absolute atomic E-state index is 5.17. The summed E-state index contributed by atoms with van der Waals surface area (Å²) < 4.78 is 0. The Hall–Kier alpha value is -6.06. The van der Waals surface area contributed by atoms with Gasteiger partial charge < -0.3 is 4.98 Å². The van der Waals surface area contributed by atoms with Crippen LogP contribution in [-0.4, -0.2) is 15.0 Å². The number of benzene rings is 6. The fourth-order valence-electron chi connectivity index (χ4n) is 6.66. The van der Waals surface area contributed by atoms with Crippen LogP contribution in [0.2, 0.25) is 0 Å². The van der Waals surface area contributed by atoms with Gasteiger partial charge in [-0.25, -0.2) is 9.97 Å². The standard InChI is InChI=1S/C42H27N3/c1-3-9-27(10-4-1)36-26-39(28-11-5-2-6-12-28)44-38-22-20-34-33(15-8-16-35(34)40(36)38)31-13-7-14-32(25-31)37-21-19-29-17-18-30-23-24-43-41(30)42(29)45-37/h1-26,43H. The minimum atomic E-state index is 0.959. The highest BCUT2D eigenvalue weighted by atomic mass is 14.8. The maximum Gasteiger partial charge on any atom is 0.0950 e. The highest BCUT2D eigenvalue weighted by molar-refractivity contribution is 6.17. The van der Waals surface area contributed by atoms with E-state index in [1.54, 1.807) is 0 Å². The van der Waals surface area contributed by atoms with Crippen LogP contribution >= 0.6 is 0 Å². The first-order valence-corrected chi connectivity index (χ1v) is 15.3. The maximum atomic E-state index is 5.17. The van der Waals surface area contributed by atoms with Gasteiger partial charge >= 0.3 is 0 Å². The Labute approximate surface area is 260 Å². The number of aromatic amines is 1. The third-order valence-electron chi connectivity index (χ3n) is 8.84. The summed E-state index contributed by atoms with van der Waals surface area (Å²) in [4.78, 5) is 13.7. The molecule has 3 heterocycles. The molecule has 0 atom stereocenters. The summed E-state index contributed by atoms with van der Waals surface area (Å²) in [5.41, 5.74) is 11.9. The minimum Gasteiger partial charge on any atom is -0.359 e. The molecule has 3 nitrogen and oxygen atoms in total. The molecule has 0 aliphatic rings. The molecule has 3 heteroatoms. The number of nitrogens with zero attached hydrogens (tertiary/aromatic N) is 2. The van der Waals surface area contributed by atoms with E-state index >= 15 is 0 Å². The molecule has 0 spiro atoms. The van der Waals surface area contributed by atoms with Crippen molar-refractivity contribution < 1.29 is 0 Å². The van der Waals surface area contributed by atoms with Crippen LogP contribution < -0.4 is 0 Å². The summed E-state index contributed by atoms with van der Waals surface area (Å²) >= 11 is 0. The first kappa shape index (κ1) is 25.4. The predicted molar refractivity (Wildman–Crippen MR) is 188 cm³/mol. The van der Waals surface area contributed by atoms with Gasteiger partial charge in [-0.3, -0.25) is 0 Å². The number of nitrogens with one attached hydrogen (secondary N) is 1. The van der Waals surface area contributed by atoms with E-state index in [4.69, 9.17) is 9.97 Å².